The van der Waals surface area contributed by atoms with Crippen molar-refractivity contribution in [2.24, 2.45) is 0 Å². The molecule has 0 saturated carbocycles. The van der Waals surface area contributed by atoms with Crippen molar-refractivity contribution in [3.05, 3.63) is 40.6 Å². The zero-order valence-electron chi connectivity index (χ0n) is 17.1. The largest absolute Gasteiger partial charge is 0.480 e. The van der Waals surface area contributed by atoms with Crippen molar-refractivity contribution >= 4 is 23.0 Å². The van der Waals surface area contributed by atoms with E-state index in [1.165, 1.54) is 23.0 Å². The predicted molar refractivity (Wildman–Crippen MR) is 111 cm³/mol. The van der Waals surface area contributed by atoms with E-state index in [1.54, 1.807) is 0 Å². The fourth-order valence-electron chi connectivity index (χ4n) is 2.93. The molecule has 1 aliphatic rings. The van der Waals surface area contributed by atoms with Crippen LogP contribution >= 0.6 is 0 Å². The predicted octanol–water partition coefficient (Wildman–Crippen LogP) is 0.383. The third-order valence-electron chi connectivity index (χ3n) is 4.24. The molecule has 0 radical (unpaired) electrons. The number of aromatic nitrogens is 4. The molecule has 0 bridgehead atoms. The summed E-state index contributed by atoms with van der Waals surface area (Å²) in [6.45, 7) is 1.54. The minimum absolute atomic E-state index is 0.0256. The molecule has 0 unspecified atom stereocenters. The molecule has 12 heteroatoms. The van der Waals surface area contributed by atoms with Crippen molar-refractivity contribution in [1.82, 2.24) is 25.1 Å². The first-order chi connectivity index (χ1) is 14.9. The van der Waals surface area contributed by atoms with E-state index in [2.05, 4.69) is 20.4 Å². The number of hydrogen-bond donors (Lipinski definition) is 3. The monoisotopic (exact) mass is 434 g/mol. The number of rotatable bonds is 5. The molecule has 3 aromatic rings. The van der Waals surface area contributed by atoms with Gasteiger partial charge in [-0.25, -0.2) is 13.9 Å². The second-order valence-corrected chi connectivity index (χ2v) is 6.58. The maximum atomic E-state index is 13.7. The molecular formula is C19H23FN6O5. The second-order valence-electron chi connectivity index (χ2n) is 6.58. The van der Waals surface area contributed by atoms with Crippen molar-refractivity contribution in [2.75, 3.05) is 51.9 Å². The minimum Gasteiger partial charge on any atom is -0.480 e. The summed E-state index contributed by atoms with van der Waals surface area (Å²) in [5, 5.41) is 16.0. The molecule has 1 fully saturated rings. The van der Waals surface area contributed by atoms with Crippen LogP contribution in [0.3, 0.4) is 0 Å². The number of fused-ring (bicyclic) bond motifs is 1. The molecule has 0 aliphatic carbocycles. The lowest BCUT2D eigenvalue weighted by atomic mass is 10.3. The van der Waals surface area contributed by atoms with Crippen LogP contribution < -0.4 is 20.5 Å². The smallest absolute Gasteiger partial charge is 0.341 e. The van der Waals surface area contributed by atoms with Crippen molar-refractivity contribution in [2.45, 2.75) is 0 Å². The van der Waals surface area contributed by atoms with Gasteiger partial charge in [-0.15, -0.1) is 0 Å². The SMILES string of the molecule is CNC.O=C(O)COc1cc(F)ccc1-n1ncc2c(=O)[nH]c(N3CCOCC3)nc21. The molecular weight excluding hydrogens is 411 g/mol. The Morgan fingerprint density at radius 1 is 1.35 bits per heavy atom. The normalized spacial score (nSPS) is 13.6. The number of benzene rings is 1. The van der Waals surface area contributed by atoms with Gasteiger partial charge in [0.2, 0.25) is 5.95 Å². The molecule has 1 saturated heterocycles. The molecule has 3 N–H and O–H groups in total. The van der Waals surface area contributed by atoms with Gasteiger partial charge in [0.1, 0.15) is 22.6 Å². The lowest BCUT2D eigenvalue weighted by molar-refractivity contribution is -0.139. The summed E-state index contributed by atoms with van der Waals surface area (Å²) in [4.78, 5) is 32.4. The molecule has 1 aromatic carbocycles. The van der Waals surface area contributed by atoms with E-state index in [4.69, 9.17) is 14.6 Å². The number of morpholine rings is 1. The zero-order valence-corrected chi connectivity index (χ0v) is 17.1. The van der Waals surface area contributed by atoms with Crippen LogP contribution in [-0.2, 0) is 9.53 Å². The van der Waals surface area contributed by atoms with Gasteiger partial charge in [0, 0.05) is 19.2 Å². The van der Waals surface area contributed by atoms with Gasteiger partial charge in [0.05, 0.1) is 19.4 Å². The van der Waals surface area contributed by atoms with Gasteiger partial charge in [-0.2, -0.15) is 10.1 Å². The first kappa shape index (κ1) is 22.2. The number of ether oxygens (including phenoxy) is 2. The number of nitrogens with one attached hydrogen (secondary N) is 2. The molecule has 0 amide bonds. The van der Waals surface area contributed by atoms with Crippen LogP contribution in [-0.4, -0.2) is 77.8 Å². The van der Waals surface area contributed by atoms with E-state index >= 15 is 0 Å². The van der Waals surface area contributed by atoms with Crippen LogP contribution in [0.4, 0.5) is 10.3 Å². The number of nitrogens with zero attached hydrogens (tertiary/aromatic N) is 4. The van der Waals surface area contributed by atoms with Crippen molar-refractivity contribution < 1.29 is 23.8 Å². The van der Waals surface area contributed by atoms with E-state index in [0.717, 1.165) is 6.07 Å². The second kappa shape index (κ2) is 10.00. The molecule has 2 aromatic heterocycles. The van der Waals surface area contributed by atoms with Crippen molar-refractivity contribution in [3.63, 3.8) is 0 Å². The lowest BCUT2D eigenvalue weighted by Gasteiger charge is -2.27. The highest BCUT2D eigenvalue weighted by Crippen LogP contribution is 2.26. The number of aromatic amines is 1. The van der Waals surface area contributed by atoms with Crippen LogP contribution in [0.1, 0.15) is 0 Å². The summed E-state index contributed by atoms with van der Waals surface area (Å²) in [6, 6.07) is 3.63. The first-order valence-corrected chi connectivity index (χ1v) is 9.48. The number of aliphatic carboxylic acids is 1. The average molecular weight is 434 g/mol. The van der Waals surface area contributed by atoms with Gasteiger partial charge in [0.25, 0.3) is 5.56 Å². The Labute approximate surface area is 176 Å². The van der Waals surface area contributed by atoms with Gasteiger partial charge in [-0.05, 0) is 26.2 Å². The van der Waals surface area contributed by atoms with Gasteiger partial charge in [-0.1, -0.05) is 0 Å². The molecule has 0 atom stereocenters. The molecule has 1 aliphatic heterocycles. The highest BCUT2D eigenvalue weighted by atomic mass is 19.1. The van der Waals surface area contributed by atoms with Crippen molar-refractivity contribution in [1.29, 1.82) is 0 Å². The Kier molecular flexibility index (Phi) is 7.15. The number of H-pyrrole nitrogens is 1. The maximum Gasteiger partial charge on any atom is 0.341 e. The molecule has 0 spiro atoms. The number of carbonyl (C=O) groups is 1. The number of halogens is 1. The van der Waals surface area contributed by atoms with Crippen molar-refractivity contribution in [3.8, 4) is 11.4 Å². The summed E-state index contributed by atoms with van der Waals surface area (Å²) in [6.07, 6.45) is 1.34. The average Bonchev–Trinajstić information content (AvgIpc) is 3.18. The fraction of sp³-hybridized carbons (Fsp3) is 0.368. The fourth-order valence-corrected chi connectivity index (χ4v) is 2.93. The van der Waals surface area contributed by atoms with Crippen LogP contribution in [0.2, 0.25) is 0 Å². The summed E-state index contributed by atoms with van der Waals surface area (Å²) in [7, 11) is 3.75. The molecule has 166 valence electrons. The minimum atomic E-state index is -1.20. The van der Waals surface area contributed by atoms with Crippen LogP contribution in [0, 0.1) is 5.82 Å². The molecule has 11 nitrogen and oxygen atoms in total. The van der Waals surface area contributed by atoms with E-state index in [0.29, 0.717) is 32.3 Å². The van der Waals surface area contributed by atoms with E-state index in [-0.39, 0.29) is 28.0 Å². The van der Waals surface area contributed by atoms with E-state index in [9.17, 15) is 14.0 Å². The van der Waals surface area contributed by atoms with Gasteiger partial charge < -0.3 is 24.8 Å². The van der Waals surface area contributed by atoms with Crippen LogP contribution in [0.15, 0.2) is 29.2 Å². The lowest BCUT2D eigenvalue weighted by Crippen LogP contribution is -2.38. The van der Waals surface area contributed by atoms with E-state index < -0.39 is 18.4 Å². The van der Waals surface area contributed by atoms with Gasteiger partial charge >= 0.3 is 5.97 Å². The van der Waals surface area contributed by atoms with Crippen LogP contribution in [0.5, 0.6) is 5.75 Å². The Morgan fingerprint density at radius 2 is 2.06 bits per heavy atom. The van der Waals surface area contributed by atoms with Gasteiger partial charge in [-0.3, -0.25) is 9.78 Å². The summed E-state index contributed by atoms with van der Waals surface area (Å²) < 4.78 is 25.5. The molecule has 4 rings (SSSR count). The standard InChI is InChI=1S/C17H16FN5O5.C2H7N/c18-10-1-2-12(13(7-10)28-9-14(24)25)23-15-11(8-19-23)16(26)21-17(20-15)22-3-5-27-6-4-22;1-3-2/h1-2,7-8H,3-6,9H2,(H,24,25)(H,20,21,26);3H,1-2H3. The Hall–Kier alpha value is -3.51. The third kappa shape index (κ3) is 5.16. The zero-order chi connectivity index (χ0) is 22.4. The number of anilines is 1. The quantitative estimate of drug-likeness (QED) is 0.521. The highest BCUT2D eigenvalue weighted by molar-refractivity contribution is 5.77. The number of carboxylic acid groups (broad SMARTS) is 1. The Morgan fingerprint density at radius 3 is 2.74 bits per heavy atom. The topological polar surface area (TPSA) is 135 Å². The summed E-state index contributed by atoms with van der Waals surface area (Å²) in [5.41, 5.74) is 0.147. The Bertz CT molecular complexity index is 1110. The van der Waals surface area contributed by atoms with E-state index in [1.807, 2.05) is 19.0 Å². The summed E-state index contributed by atoms with van der Waals surface area (Å²) in [5.74, 6) is -1.45. The number of hydrogen-bond acceptors (Lipinski definition) is 8. The number of carboxylic acids is 1. The van der Waals surface area contributed by atoms with Gasteiger partial charge in [0.15, 0.2) is 12.3 Å². The molecule has 3 heterocycles. The third-order valence-corrected chi connectivity index (χ3v) is 4.24. The highest BCUT2D eigenvalue weighted by Gasteiger charge is 2.19. The first-order valence-electron chi connectivity index (χ1n) is 9.48. The summed E-state index contributed by atoms with van der Waals surface area (Å²) >= 11 is 0. The molecule has 31 heavy (non-hydrogen) atoms. The Balaban J connectivity index is 0.000000858. The van der Waals surface area contributed by atoms with Crippen LogP contribution in [0.25, 0.3) is 16.7 Å². The maximum absolute atomic E-state index is 13.7.